The molecular weight excluding hydrogens is 402 g/mol. The van der Waals surface area contributed by atoms with Gasteiger partial charge in [-0.3, -0.25) is 14.5 Å². The quantitative estimate of drug-likeness (QED) is 0.639. The number of nitrogens with one attached hydrogen (secondary N) is 1. The average Bonchev–Trinajstić information content (AvgIpc) is 3.35. The lowest BCUT2D eigenvalue weighted by Gasteiger charge is -2.45. The number of carbonyl (C=O) groups excluding carboxylic acids is 2. The highest BCUT2D eigenvalue weighted by molar-refractivity contribution is 6.13. The van der Waals surface area contributed by atoms with Crippen molar-refractivity contribution in [2.75, 3.05) is 4.90 Å². The summed E-state index contributed by atoms with van der Waals surface area (Å²) in [5, 5.41) is 3.34. The van der Waals surface area contributed by atoms with Gasteiger partial charge in [0.25, 0.3) is 5.91 Å². The molecule has 2 aliphatic rings. The molecule has 168 valence electrons. The molecule has 0 unspecified atom stereocenters. The summed E-state index contributed by atoms with van der Waals surface area (Å²) in [4.78, 5) is 29.4. The Kier molecular flexibility index (Phi) is 4.91. The molecular formula is C26H31N3O3. The first-order valence-corrected chi connectivity index (χ1v) is 11.6. The lowest BCUT2D eigenvalue weighted by atomic mass is 9.77. The minimum absolute atomic E-state index is 0.103. The molecule has 1 fully saturated rings. The number of hydrogen-bond acceptors (Lipinski definition) is 3. The number of rotatable bonds is 3. The number of anilines is 1. The Hall–Kier alpha value is -3.02. The summed E-state index contributed by atoms with van der Waals surface area (Å²) in [5.41, 5.74) is 2.82. The maximum atomic E-state index is 13.9. The molecule has 0 saturated heterocycles. The Labute approximate surface area is 188 Å². The molecule has 1 N–H and O–H groups in total. The number of furan rings is 1. The number of aromatic nitrogens is 1. The Bertz CT molecular complexity index is 1170. The molecule has 1 aliphatic heterocycles. The molecule has 0 radical (unpaired) electrons. The maximum Gasteiger partial charge on any atom is 0.276 e. The van der Waals surface area contributed by atoms with Crippen LogP contribution in [0.1, 0.15) is 56.1 Å². The second-order valence-electron chi connectivity index (χ2n) is 9.88. The maximum absolute atomic E-state index is 13.9. The molecule has 2 aromatic heterocycles. The van der Waals surface area contributed by atoms with Gasteiger partial charge in [-0.2, -0.15) is 0 Å². The van der Waals surface area contributed by atoms with Crippen LogP contribution in [0.2, 0.25) is 0 Å². The van der Waals surface area contributed by atoms with Crippen LogP contribution >= 0.6 is 0 Å². The third kappa shape index (κ3) is 3.15. The molecule has 5 rings (SSSR count). The van der Waals surface area contributed by atoms with E-state index < -0.39 is 5.54 Å². The van der Waals surface area contributed by atoms with Gasteiger partial charge in [-0.25, -0.2) is 0 Å². The van der Waals surface area contributed by atoms with Crippen LogP contribution in [-0.2, 0) is 11.3 Å². The lowest BCUT2D eigenvalue weighted by molar-refractivity contribution is -0.128. The van der Waals surface area contributed by atoms with E-state index in [4.69, 9.17) is 4.42 Å². The number of aryl methyl sites for hydroxylation is 1. The zero-order valence-corrected chi connectivity index (χ0v) is 19.2. The Balaban J connectivity index is 1.57. The third-order valence-corrected chi connectivity index (χ3v) is 7.71. The van der Waals surface area contributed by atoms with Gasteiger partial charge in [0.1, 0.15) is 11.2 Å². The van der Waals surface area contributed by atoms with Gasteiger partial charge in [0, 0.05) is 23.9 Å². The van der Waals surface area contributed by atoms with E-state index in [1.54, 1.807) is 17.2 Å². The zero-order chi connectivity index (χ0) is 22.6. The summed E-state index contributed by atoms with van der Waals surface area (Å²) in [7, 11) is 0. The van der Waals surface area contributed by atoms with Gasteiger partial charge in [-0.15, -0.1) is 0 Å². The fourth-order valence-corrected chi connectivity index (χ4v) is 5.42. The number of carbonyl (C=O) groups is 2. The van der Waals surface area contributed by atoms with Crippen LogP contribution in [0.15, 0.2) is 47.1 Å². The fourth-order valence-electron chi connectivity index (χ4n) is 5.42. The van der Waals surface area contributed by atoms with Crippen molar-refractivity contribution in [1.82, 2.24) is 9.88 Å². The Morgan fingerprint density at radius 3 is 2.66 bits per heavy atom. The first kappa shape index (κ1) is 20.9. The molecule has 0 bridgehead atoms. The average molecular weight is 434 g/mol. The molecule has 0 spiro atoms. The van der Waals surface area contributed by atoms with E-state index in [9.17, 15) is 9.59 Å². The van der Waals surface area contributed by atoms with Gasteiger partial charge in [0.15, 0.2) is 5.58 Å². The number of hydrogen-bond donors (Lipinski definition) is 1. The SMILES string of the molecule is Cc1ccc(N2C(=O)c3cc4occc4n3C[C@]2(C)C(=O)N[C@@H]2CCC[C@@H](C)[C@H]2C)cc1. The third-order valence-electron chi connectivity index (χ3n) is 7.71. The molecule has 1 aliphatic carbocycles. The van der Waals surface area contributed by atoms with Gasteiger partial charge < -0.3 is 14.3 Å². The predicted molar refractivity (Wildman–Crippen MR) is 125 cm³/mol. The van der Waals surface area contributed by atoms with Crippen LogP contribution in [0, 0.1) is 18.8 Å². The van der Waals surface area contributed by atoms with Gasteiger partial charge >= 0.3 is 0 Å². The van der Waals surface area contributed by atoms with Crippen LogP contribution in [-0.4, -0.2) is 28.0 Å². The smallest absolute Gasteiger partial charge is 0.276 e. The topological polar surface area (TPSA) is 67.5 Å². The van der Waals surface area contributed by atoms with Crippen molar-refractivity contribution in [2.45, 2.75) is 65.1 Å². The molecule has 6 nitrogen and oxygen atoms in total. The second kappa shape index (κ2) is 7.54. The molecule has 3 aromatic rings. The highest BCUT2D eigenvalue weighted by Crippen LogP contribution is 2.37. The van der Waals surface area contributed by atoms with Gasteiger partial charge in [0.05, 0.1) is 18.3 Å². The van der Waals surface area contributed by atoms with E-state index in [2.05, 4.69) is 19.2 Å². The van der Waals surface area contributed by atoms with Crippen molar-refractivity contribution >= 4 is 28.6 Å². The van der Waals surface area contributed by atoms with E-state index >= 15 is 0 Å². The van der Waals surface area contributed by atoms with E-state index in [-0.39, 0.29) is 17.9 Å². The summed E-state index contributed by atoms with van der Waals surface area (Å²) in [6, 6.07) is 11.6. The molecule has 1 aromatic carbocycles. The largest absolute Gasteiger partial charge is 0.463 e. The van der Waals surface area contributed by atoms with E-state index in [1.807, 2.05) is 48.7 Å². The normalized spacial score (nSPS) is 28.1. The fraction of sp³-hybridized carbons (Fsp3) is 0.462. The Morgan fingerprint density at radius 1 is 1.16 bits per heavy atom. The lowest BCUT2D eigenvalue weighted by Crippen LogP contribution is -2.66. The zero-order valence-electron chi connectivity index (χ0n) is 19.2. The number of amides is 2. The van der Waals surface area contributed by atoms with Crippen molar-refractivity contribution in [2.24, 2.45) is 11.8 Å². The van der Waals surface area contributed by atoms with Crippen molar-refractivity contribution in [3.63, 3.8) is 0 Å². The minimum Gasteiger partial charge on any atom is -0.463 e. The molecule has 6 heteroatoms. The van der Waals surface area contributed by atoms with Crippen LogP contribution < -0.4 is 10.2 Å². The highest BCUT2D eigenvalue weighted by Gasteiger charge is 2.49. The van der Waals surface area contributed by atoms with E-state index in [1.165, 1.54) is 6.42 Å². The van der Waals surface area contributed by atoms with Gasteiger partial charge in [-0.1, -0.05) is 44.4 Å². The predicted octanol–water partition coefficient (Wildman–Crippen LogP) is 4.90. The Morgan fingerprint density at radius 2 is 1.91 bits per heavy atom. The molecule has 2 amide bonds. The number of benzene rings is 1. The molecule has 1 saturated carbocycles. The second-order valence-corrected chi connectivity index (χ2v) is 9.88. The molecule has 3 heterocycles. The summed E-state index contributed by atoms with van der Waals surface area (Å²) in [6.45, 7) is 8.74. The number of nitrogens with zero attached hydrogens (tertiary/aromatic N) is 2. The number of fused-ring (bicyclic) bond motifs is 3. The summed E-state index contributed by atoms with van der Waals surface area (Å²) >= 11 is 0. The van der Waals surface area contributed by atoms with Gasteiger partial charge in [0.2, 0.25) is 5.91 Å². The standard InChI is InChI=1S/C26H31N3O3/c1-16-8-10-19(11-9-16)29-24(30)22-14-23-21(12-13-32-23)28(22)15-26(29,4)25(31)27-20-7-5-6-17(2)18(20)3/h8-14,17-18,20H,5-7,15H2,1-4H3,(H,27,31)/t17-,18-,20-,26-/m1/s1. The monoisotopic (exact) mass is 433 g/mol. The van der Waals surface area contributed by atoms with E-state index in [0.717, 1.165) is 29.6 Å². The van der Waals surface area contributed by atoms with Crippen LogP contribution in [0.4, 0.5) is 5.69 Å². The summed E-state index contributed by atoms with van der Waals surface area (Å²) in [5.74, 6) is 0.693. The summed E-state index contributed by atoms with van der Waals surface area (Å²) < 4.78 is 7.49. The van der Waals surface area contributed by atoms with Crippen molar-refractivity contribution in [3.05, 3.63) is 53.9 Å². The van der Waals surface area contributed by atoms with Crippen molar-refractivity contribution in [3.8, 4) is 0 Å². The minimum atomic E-state index is -1.07. The van der Waals surface area contributed by atoms with Crippen molar-refractivity contribution < 1.29 is 14.0 Å². The van der Waals surface area contributed by atoms with Crippen LogP contribution in [0.25, 0.3) is 11.1 Å². The van der Waals surface area contributed by atoms with E-state index in [0.29, 0.717) is 29.7 Å². The molecule has 4 atom stereocenters. The van der Waals surface area contributed by atoms with Crippen LogP contribution in [0.3, 0.4) is 0 Å². The first-order valence-electron chi connectivity index (χ1n) is 11.6. The van der Waals surface area contributed by atoms with Crippen LogP contribution in [0.5, 0.6) is 0 Å². The highest BCUT2D eigenvalue weighted by atomic mass is 16.3. The summed E-state index contributed by atoms with van der Waals surface area (Å²) in [6.07, 6.45) is 4.92. The first-order chi connectivity index (χ1) is 15.3. The van der Waals surface area contributed by atoms with Gasteiger partial charge in [-0.05, 0) is 44.2 Å². The molecule has 32 heavy (non-hydrogen) atoms. The van der Waals surface area contributed by atoms with Crippen molar-refractivity contribution in [1.29, 1.82) is 0 Å².